The molecule has 120 valence electrons. The largest absolute Gasteiger partial charge is 0.469 e. The van der Waals surface area contributed by atoms with Crippen LogP contribution in [0.3, 0.4) is 0 Å². The van der Waals surface area contributed by atoms with E-state index in [9.17, 15) is 14.4 Å². The first-order chi connectivity index (χ1) is 11.0. The number of nitrogens with two attached hydrogens (primary N) is 1. The fourth-order valence-corrected chi connectivity index (χ4v) is 2.31. The summed E-state index contributed by atoms with van der Waals surface area (Å²) in [4.78, 5) is 35.1. The summed E-state index contributed by atoms with van der Waals surface area (Å²) in [6.07, 6.45) is 0.0957. The first-order valence-corrected chi connectivity index (χ1v) is 7.17. The first kappa shape index (κ1) is 16.5. The van der Waals surface area contributed by atoms with Crippen molar-refractivity contribution in [3.8, 4) is 0 Å². The molecule has 0 aliphatic heterocycles. The van der Waals surface area contributed by atoms with Crippen molar-refractivity contribution in [2.45, 2.75) is 18.9 Å². The topological polar surface area (TPSA) is 98.5 Å². The van der Waals surface area contributed by atoms with Crippen LogP contribution < -0.4 is 11.1 Å². The molecule has 2 aromatic rings. The fraction of sp³-hybridized carbons (Fsp3) is 0.235. The second-order valence-corrected chi connectivity index (χ2v) is 5.07. The minimum Gasteiger partial charge on any atom is -0.469 e. The zero-order chi connectivity index (χ0) is 16.8. The molecule has 0 bridgehead atoms. The number of rotatable bonds is 6. The van der Waals surface area contributed by atoms with Crippen LogP contribution in [0.15, 0.2) is 42.5 Å². The summed E-state index contributed by atoms with van der Waals surface area (Å²) in [5, 5.41) is 4.29. The van der Waals surface area contributed by atoms with Crippen LogP contribution in [0, 0.1) is 0 Å². The van der Waals surface area contributed by atoms with E-state index in [0.29, 0.717) is 5.56 Å². The molecule has 0 saturated carbocycles. The number of carbonyl (C=O) groups is 3. The van der Waals surface area contributed by atoms with E-state index < -0.39 is 23.8 Å². The maximum atomic E-state index is 12.5. The summed E-state index contributed by atoms with van der Waals surface area (Å²) in [6.45, 7) is 0. The standard InChI is InChI=1S/C17H18N2O4/c1-23-15(20)10-9-14(16(18)21)19-17(22)13-8-4-6-11-5-2-3-7-12(11)13/h2-8,14H,9-10H2,1H3,(H2,18,21)(H,19,22)/t14-/m1/s1. The Hall–Kier alpha value is -2.89. The van der Waals surface area contributed by atoms with Crippen LogP contribution in [-0.4, -0.2) is 30.9 Å². The SMILES string of the molecule is COC(=O)CC[C@@H](NC(=O)c1cccc2ccccc12)C(N)=O. The van der Waals surface area contributed by atoms with Crippen molar-refractivity contribution < 1.29 is 19.1 Å². The Morgan fingerprint density at radius 1 is 1.13 bits per heavy atom. The average molecular weight is 314 g/mol. The fourth-order valence-electron chi connectivity index (χ4n) is 2.31. The number of esters is 1. The van der Waals surface area contributed by atoms with Crippen molar-refractivity contribution in [3.05, 3.63) is 48.0 Å². The number of ether oxygens (including phenoxy) is 1. The third-order valence-electron chi connectivity index (χ3n) is 3.55. The molecular weight excluding hydrogens is 296 g/mol. The molecule has 2 aromatic carbocycles. The van der Waals surface area contributed by atoms with Gasteiger partial charge in [0, 0.05) is 12.0 Å². The predicted octanol–water partition coefficient (Wildman–Crippen LogP) is 1.38. The van der Waals surface area contributed by atoms with Crippen LogP contribution in [0.5, 0.6) is 0 Å². The lowest BCUT2D eigenvalue weighted by atomic mass is 10.0. The number of benzene rings is 2. The summed E-state index contributed by atoms with van der Waals surface area (Å²) in [7, 11) is 1.26. The second kappa shape index (κ2) is 7.40. The van der Waals surface area contributed by atoms with E-state index in [2.05, 4.69) is 10.1 Å². The quantitative estimate of drug-likeness (QED) is 0.787. The van der Waals surface area contributed by atoms with E-state index in [-0.39, 0.29) is 12.8 Å². The Labute approximate surface area is 133 Å². The van der Waals surface area contributed by atoms with Crippen LogP contribution >= 0.6 is 0 Å². The van der Waals surface area contributed by atoms with Gasteiger partial charge >= 0.3 is 5.97 Å². The lowest BCUT2D eigenvalue weighted by molar-refractivity contribution is -0.140. The van der Waals surface area contributed by atoms with E-state index >= 15 is 0 Å². The molecule has 0 aliphatic rings. The van der Waals surface area contributed by atoms with Gasteiger partial charge in [-0.15, -0.1) is 0 Å². The number of fused-ring (bicyclic) bond motifs is 1. The highest BCUT2D eigenvalue weighted by molar-refractivity contribution is 6.08. The highest BCUT2D eigenvalue weighted by Gasteiger charge is 2.21. The van der Waals surface area contributed by atoms with Gasteiger partial charge in [0.25, 0.3) is 5.91 Å². The number of carbonyl (C=O) groups excluding carboxylic acids is 3. The van der Waals surface area contributed by atoms with Crippen LogP contribution in [0.1, 0.15) is 23.2 Å². The molecule has 2 amide bonds. The van der Waals surface area contributed by atoms with Gasteiger partial charge in [0.05, 0.1) is 7.11 Å². The summed E-state index contributed by atoms with van der Waals surface area (Å²) >= 11 is 0. The van der Waals surface area contributed by atoms with Gasteiger partial charge < -0.3 is 15.8 Å². The molecule has 0 radical (unpaired) electrons. The molecule has 2 rings (SSSR count). The highest BCUT2D eigenvalue weighted by Crippen LogP contribution is 2.18. The van der Waals surface area contributed by atoms with Gasteiger partial charge in [0.1, 0.15) is 6.04 Å². The van der Waals surface area contributed by atoms with Crippen LogP contribution in [0.25, 0.3) is 10.8 Å². The van der Waals surface area contributed by atoms with Crippen molar-refractivity contribution in [2.24, 2.45) is 5.73 Å². The molecular formula is C17H18N2O4. The average Bonchev–Trinajstić information content (AvgIpc) is 2.57. The van der Waals surface area contributed by atoms with E-state index in [1.807, 2.05) is 30.3 Å². The van der Waals surface area contributed by atoms with Gasteiger partial charge in [0.15, 0.2) is 0 Å². The van der Waals surface area contributed by atoms with Gasteiger partial charge in [-0.05, 0) is 23.3 Å². The molecule has 23 heavy (non-hydrogen) atoms. The van der Waals surface area contributed by atoms with Crippen molar-refractivity contribution in [3.63, 3.8) is 0 Å². The number of nitrogens with one attached hydrogen (secondary N) is 1. The maximum absolute atomic E-state index is 12.5. The Morgan fingerprint density at radius 3 is 2.52 bits per heavy atom. The molecule has 6 heteroatoms. The summed E-state index contributed by atoms with van der Waals surface area (Å²) in [5.41, 5.74) is 5.75. The maximum Gasteiger partial charge on any atom is 0.305 e. The van der Waals surface area contributed by atoms with Crippen molar-refractivity contribution in [1.82, 2.24) is 5.32 Å². The Bertz CT molecular complexity index is 737. The number of hydrogen-bond acceptors (Lipinski definition) is 4. The summed E-state index contributed by atoms with van der Waals surface area (Å²) in [6, 6.07) is 11.9. The Kier molecular flexibility index (Phi) is 5.30. The van der Waals surface area contributed by atoms with Crippen LogP contribution in [-0.2, 0) is 14.3 Å². The predicted molar refractivity (Wildman–Crippen MR) is 85.6 cm³/mol. The van der Waals surface area contributed by atoms with Gasteiger partial charge in [-0.25, -0.2) is 0 Å². The van der Waals surface area contributed by atoms with E-state index in [4.69, 9.17) is 5.73 Å². The van der Waals surface area contributed by atoms with Crippen molar-refractivity contribution in [2.75, 3.05) is 7.11 Å². The van der Waals surface area contributed by atoms with Gasteiger partial charge in [-0.3, -0.25) is 14.4 Å². The molecule has 0 spiro atoms. The molecule has 0 unspecified atom stereocenters. The molecule has 0 aliphatic carbocycles. The number of methoxy groups -OCH3 is 1. The van der Waals surface area contributed by atoms with Gasteiger partial charge in [0.2, 0.25) is 5.91 Å². The Balaban J connectivity index is 2.17. The number of hydrogen-bond donors (Lipinski definition) is 2. The number of amides is 2. The molecule has 1 atom stereocenters. The molecule has 0 heterocycles. The lowest BCUT2D eigenvalue weighted by Crippen LogP contribution is -2.44. The molecule has 0 aromatic heterocycles. The van der Waals surface area contributed by atoms with Gasteiger partial charge in [-0.2, -0.15) is 0 Å². The molecule has 0 saturated heterocycles. The van der Waals surface area contributed by atoms with E-state index in [1.165, 1.54) is 7.11 Å². The molecule has 6 nitrogen and oxygen atoms in total. The van der Waals surface area contributed by atoms with Crippen molar-refractivity contribution in [1.29, 1.82) is 0 Å². The summed E-state index contributed by atoms with van der Waals surface area (Å²) in [5.74, 6) is -1.56. The summed E-state index contributed by atoms with van der Waals surface area (Å²) < 4.78 is 4.52. The minimum atomic E-state index is -0.930. The lowest BCUT2D eigenvalue weighted by Gasteiger charge is -2.15. The minimum absolute atomic E-state index is 0.0000753. The van der Waals surface area contributed by atoms with Crippen molar-refractivity contribution >= 4 is 28.6 Å². The smallest absolute Gasteiger partial charge is 0.305 e. The monoisotopic (exact) mass is 314 g/mol. The second-order valence-electron chi connectivity index (χ2n) is 5.07. The van der Waals surface area contributed by atoms with Gasteiger partial charge in [-0.1, -0.05) is 36.4 Å². The normalized spacial score (nSPS) is 11.7. The third kappa shape index (κ3) is 4.06. The molecule has 0 fully saturated rings. The Morgan fingerprint density at radius 2 is 1.83 bits per heavy atom. The zero-order valence-electron chi connectivity index (χ0n) is 12.7. The third-order valence-corrected chi connectivity index (χ3v) is 3.55. The number of primary amides is 1. The highest BCUT2D eigenvalue weighted by atomic mass is 16.5. The zero-order valence-corrected chi connectivity index (χ0v) is 12.7. The van der Waals surface area contributed by atoms with E-state index in [1.54, 1.807) is 12.1 Å². The van der Waals surface area contributed by atoms with Crippen LogP contribution in [0.4, 0.5) is 0 Å². The molecule has 3 N–H and O–H groups in total. The van der Waals surface area contributed by atoms with Crippen LogP contribution in [0.2, 0.25) is 0 Å². The van der Waals surface area contributed by atoms with E-state index in [0.717, 1.165) is 10.8 Å². The first-order valence-electron chi connectivity index (χ1n) is 7.17.